The van der Waals surface area contributed by atoms with E-state index in [-0.39, 0.29) is 0 Å². The van der Waals surface area contributed by atoms with Crippen LogP contribution in [0.3, 0.4) is 0 Å². The van der Waals surface area contributed by atoms with Crippen LogP contribution in [0.1, 0.15) is 19.3 Å². The molecule has 1 amide bonds. The molecule has 1 aliphatic rings. The fourth-order valence-corrected chi connectivity index (χ4v) is 1.70. The van der Waals surface area contributed by atoms with Crippen LogP contribution in [0.4, 0.5) is 0 Å². The molecule has 0 bridgehead atoms. The molecule has 3 nitrogen and oxygen atoms in total. The van der Waals surface area contributed by atoms with Gasteiger partial charge in [-0.15, -0.1) is 0 Å². The minimum atomic E-state index is 0.787. The molecule has 1 fully saturated rings. The van der Waals surface area contributed by atoms with Crippen molar-refractivity contribution >= 4 is 6.41 Å². The Morgan fingerprint density at radius 2 is 2.17 bits per heavy atom. The normalized spacial score (nSPS) is 20.8. The maximum Gasteiger partial charge on any atom is 0.207 e. The highest BCUT2D eigenvalue weighted by Gasteiger charge is 2.15. The van der Waals surface area contributed by atoms with Gasteiger partial charge >= 0.3 is 0 Å². The summed E-state index contributed by atoms with van der Waals surface area (Å²) in [5.74, 6) is 0.827. The van der Waals surface area contributed by atoms with Crippen molar-refractivity contribution in [2.75, 3.05) is 26.7 Å². The lowest BCUT2D eigenvalue weighted by molar-refractivity contribution is -0.109. The van der Waals surface area contributed by atoms with Gasteiger partial charge < -0.3 is 10.2 Å². The number of hydrogen-bond donors (Lipinski definition) is 1. The molecule has 3 heteroatoms. The Hall–Kier alpha value is -0.570. The van der Waals surface area contributed by atoms with E-state index in [1.54, 1.807) is 0 Å². The number of likely N-dealkylation sites (tertiary alicyclic amines) is 1. The summed E-state index contributed by atoms with van der Waals surface area (Å²) in [4.78, 5) is 12.3. The number of piperidine rings is 1. The average Bonchev–Trinajstić information content (AvgIpc) is 2.09. The highest BCUT2D eigenvalue weighted by atomic mass is 16.1. The van der Waals surface area contributed by atoms with Gasteiger partial charge in [0.25, 0.3) is 0 Å². The second-order valence-electron chi connectivity index (χ2n) is 3.61. The molecule has 1 aliphatic heterocycles. The minimum Gasteiger partial charge on any atom is -0.359 e. The van der Waals surface area contributed by atoms with Crippen LogP contribution in [-0.2, 0) is 4.79 Å². The summed E-state index contributed by atoms with van der Waals surface area (Å²) in [6, 6.07) is 0. The monoisotopic (exact) mass is 170 g/mol. The van der Waals surface area contributed by atoms with Gasteiger partial charge in [-0.05, 0) is 45.3 Å². The van der Waals surface area contributed by atoms with Crippen LogP contribution in [0.5, 0.6) is 0 Å². The Bertz CT molecular complexity index is 130. The fourth-order valence-electron chi connectivity index (χ4n) is 1.70. The number of amides is 1. The molecule has 12 heavy (non-hydrogen) atoms. The SMILES string of the molecule is CN1CCC(CCNC=O)CC1. The van der Waals surface area contributed by atoms with E-state index in [4.69, 9.17) is 0 Å². The van der Waals surface area contributed by atoms with E-state index in [2.05, 4.69) is 17.3 Å². The summed E-state index contributed by atoms with van der Waals surface area (Å²) >= 11 is 0. The number of hydrogen-bond acceptors (Lipinski definition) is 2. The fraction of sp³-hybridized carbons (Fsp3) is 0.889. The minimum absolute atomic E-state index is 0.787. The summed E-state index contributed by atoms with van der Waals surface area (Å²) in [6.07, 6.45) is 4.51. The first-order valence-corrected chi connectivity index (χ1v) is 4.68. The molecule has 0 aliphatic carbocycles. The van der Waals surface area contributed by atoms with Crippen molar-refractivity contribution in [1.82, 2.24) is 10.2 Å². The van der Waals surface area contributed by atoms with Crippen LogP contribution in [0, 0.1) is 5.92 Å². The van der Waals surface area contributed by atoms with E-state index in [0.29, 0.717) is 0 Å². The van der Waals surface area contributed by atoms with Crippen molar-refractivity contribution < 1.29 is 4.79 Å². The predicted molar refractivity (Wildman–Crippen MR) is 48.9 cm³/mol. The summed E-state index contributed by atoms with van der Waals surface area (Å²) < 4.78 is 0. The quantitative estimate of drug-likeness (QED) is 0.491. The highest BCUT2D eigenvalue weighted by molar-refractivity contribution is 5.45. The molecule has 0 unspecified atom stereocenters. The Balaban J connectivity index is 2.05. The number of carbonyl (C=O) groups excluding carboxylic acids is 1. The topological polar surface area (TPSA) is 32.3 Å². The van der Waals surface area contributed by atoms with E-state index >= 15 is 0 Å². The predicted octanol–water partition coefficient (Wildman–Crippen LogP) is 0.464. The zero-order valence-electron chi connectivity index (χ0n) is 7.75. The lowest BCUT2D eigenvalue weighted by Gasteiger charge is -2.28. The van der Waals surface area contributed by atoms with Crippen molar-refractivity contribution in [3.05, 3.63) is 0 Å². The molecule has 0 aromatic heterocycles. The van der Waals surface area contributed by atoms with Gasteiger partial charge in [0.2, 0.25) is 6.41 Å². The van der Waals surface area contributed by atoms with Crippen LogP contribution in [0.25, 0.3) is 0 Å². The molecule has 1 saturated heterocycles. The van der Waals surface area contributed by atoms with E-state index < -0.39 is 0 Å². The van der Waals surface area contributed by atoms with Crippen LogP contribution < -0.4 is 5.32 Å². The Labute approximate surface area is 74.1 Å². The van der Waals surface area contributed by atoms with Crippen molar-refractivity contribution in [1.29, 1.82) is 0 Å². The molecule has 70 valence electrons. The first kappa shape index (κ1) is 9.52. The van der Waals surface area contributed by atoms with Crippen LogP contribution >= 0.6 is 0 Å². The number of nitrogens with zero attached hydrogens (tertiary/aromatic N) is 1. The van der Waals surface area contributed by atoms with Crippen LogP contribution in [0.2, 0.25) is 0 Å². The molecule has 0 radical (unpaired) electrons. The third-order valence-electron chi connectivity index (χ3n) is 2.62. The molecule has 1 N–H and O–H groups in total. The molecule has 0 aromatic carbocycles. The second-order valence-corrected chi connectivity index (χ2v) is 3.61. The molecule has 0 aromatic rings. The van der Waals surface area contributed by atoms with E-state index in [1.807, 2.05) is 0 Å². The summed E-state index contributed by atoms with van der Waals surface area (Å²) in [6.45, 7) is 3.27. The molecule has 0 atom stereocenters. The Morgan fingerprint density at radius 1 is 1.50 bits per heavy atom. The lowest BCUT2D eigenvalue weighted by atomic mass is 9.94. The number of nitrogens with one attached hydrogen (secondary N) is 1. The van der Waals surface area contributed by atoms with Gasteiger partial charge in [-0.2, -0.15) is 0 Å². The third-order valence-corrected chi connectivity index (χ3v) is 2.62. The van der Waals surface area contributed by atoms with E-state index in [1.165, 1.54) is 25.9 Å². The highest BCUT2D eigenvalue weighted by Crippen LogP contribution is 2.18. The van der Waals surface area contributed by atoms with Crippen molar-refractivity contribution in [2.24, 2.45) is 5.92 Å². The molecule has 0 saturated carbocycles. The Morgan fingerprint density at radius 3 is 2.75 bits per heavy atom. The molecule has 1 heterocycles. The van der Waals surface area contributed by atoms with E-state index in [9.17, 15) is 4.79 Å². The van der Waals surface area contributed by atoms with Gasteiger partial charge in [0.1, 0.15) is 0 Å². The van der Waals surface area contributed by atoms with Crippen LogP contribution in [-0.4, -0.2) is 38.0 Å². The maximum absolute atomic E-state index is 9.98. The first-order valence-electron chi connectivity index (χ1n) is 4.68. The van der Waals surface area contributed by atoms with Crippen molar-refractivity contribution in [3.8, 4) is 0 Å². The smallest absolute Gasteiger partial charge is 0.207 e. The van der Waals surface area contributed by atoms with Gasteiger partial charge in [0.15, 0.2) is 0 Å². The van der Waals surface area contributed by atoms with Crippen molar-refractivity contribution in [3.63, 3.8) is 0 Å². The summed E-state index contributed by atoms with van der Waals surface area (Å²) in [5.41, 5.74) is 0. The lowest BCUT2D eigenvalue weighted by Crippen LogP contribution is -2.31. The molecule has 0 spiro atoms. The van der Waals surface area contributed by atoms with Gasteiger partial charge in [-0.3, -0.25) is 4.79 Å². The first-order chi connectivity index (χ1) is 5.83. The average molecular weight is 170 g/mol. The standard InChI is InChI=1S/C9H18N2O/c1-11-6-3-9(4-7-11)2-5-10-8-12/h8-9H,2-7H2,1H3,(H,10,12). The number of carbonyl (C=O) groups is 1. The van der Waals surface area contributed by atoms with Crippen LogP contribution in [0.15, 0.2) is 0 Å². The molecular formula is C9H18N2O. The third kappa shape index (κ3) is 3.22. The molecular weight excluding hydrogens is 152 g/mol. The van der Waals surface area contributed by atoms with E-state index in [0.717, 1.165) is 25.3 Å². The number of rotatable bonds is 4. The molecule has 1 rings (SSSR count). The zero-order valence-corrected chi connectivity index (χ0v) is 7.75. The van der Waals surface area contributed by atoms with Gasteiger partial charge in [0, 0.05) is 6.54 Å². The largest absolute Gasteiger partial charge is 0.359 e. The zero-order chi connectivity index (χ0) is 8.81. The maximum atomic E-state index is 9.98. The summed E-state index contributed by atoms with van der Waals surface area (Å²) in [5, 5.41) is 2.71. The van der Waals surface area contributed by atoms with Gasteiger partial charge in [-0.1, -0.05) is 0 Å². The second kappa shape index (κ2) is 5.14. The Kier molecular flexibility index (Phi) is 4.08. The van der Waals surface area contributed by atoms with Gasteiger partial charge in [0.05, 0.1) is 0 Å². The summed E-state index contributed by atoms with van der Waals surface area (Å²) in [7, 11) is 2.17. The van der Waals surface area contributed by atoms with Crippen molar-refractivity contribution in [2.45, 2.75) is 19.3 Å². The van der Waals surface area contributed by atoms with Gasteiger partial charge in [-0.25, -0.2) is 0 Å².